The van der Waals surface area contributed by atoms with Gasteiger partial charge in [-0.25, -0.2) is 4.39 Å². The van der Waals surface area contributed by atoms with Crippen molar-refractivity contribution in [1.82, 2.24) is 4.98 Å². The number of pyridine rings is 1. The molecule has 0 amide bonds. The lowest BCUT2D eigenvalue weighted by Crippen LogP contribution is -2.09. The third kappa shape index (κ3) is 3.88. The zero-order valence-corrected chi connectivity index (χ0v) is 10.3. The maximum Gasteiger partial charge on any atom is 0.303 e. The molecule has 1 N–H and O–H groups in total. The van der Waals surface area contributed by atoms with Gasteiger partial charge < -0.3 is 5.11 Å². The number of benzene rings is 1. The van der Waals surface area contributed by atoms with Crippen LogP contribution in [0.15, 0.2) is 48.8 Å². The summed E-state index contributed by atoms with van der Waals surface area (Å²) in [6.07, 6.45) is 3.78. The fourth-order valence-corrected chi connectivity index (χ4v) is 2.10. The molecule has 19 heavy (non-hydrogen) atoms. The van der Waals surface area contributed by atoms with Crippen LogP contribution in [0.5, 0.6) is 0 Å². The minimum absolute atomic E-state index is 0.0144. The first-order valence-electron chi connectivity index (χ1n) is 6.01. The Morgan fingerprint density at radius 3 is 2.63 bits per heavy atom. The molecule has 0 aliphatic rings. The van der Waals surface area contributed by atoms with Gasteiger partial charge in [0.25, 0.3) is 0 Å². The van der Waals surface area contributed by atoms with Gasteiger partial charge in [-0.3, -0.25) is 9.78 Å². The van der Waals surface area contributed by atoms with Gasteiger partial charge in [-0.15, -0.1) is 0 Å². The van der Waals surface area contributed by atoms with Gasteiger partial charge in [-0.2, -0.15) is 0 Å². The zero-order valence-electron chi connectivity index (χ0n) is 10.3. The number of rotatable bonds is 5. The lowest BCUT2D eigenvalue weighted by atomic mass is 9.90. The van der Waals surface area contributed by atoms with Crippen molar-refractivity contribution in [2.75, 3.05) is 0 Å². The number of halogens is 1. The van der Waals surface area contributed by atoms with Crippen LogP contribution in [0.2, 0.25) is 0 Å². The van der Waals surface area contributed by atoms with Gasteiger partial charge in [-0.1, -0.05) is 12.1 Å². The highest BCUT2D eigenvalue weighted by atomic mass is 19.1. The quantitative estimate of drug-likeness (QED) is 0.897. The normalized spacial score (nSPS) is 12.1. The third-order valence-corrected chi connectivity index (χ3v) is 2.97. The topological polar surface area (TPSA) is 50.2 Å². The van der Waals surface area contributed by atoms with Crippen molar-refractivity contribution in [3.8, 4) is 0 Å². The summed E-state index contributed by atoms with van der Waals surface area (Å²) in [5.74, 6) is -1.35. The molecule has 1 heterocycles. The van der Waals surface area contributed by atoms with Crippen LogP contribution in [-0.4, -0.2) is 16.1 Å². The fraction of sp³-hybridized carbons (Fsp3) is 0.200. The predicted molar refractivity (Wildman–Crippen MR) is 69.3 cm³/mol. The molecule has 1 aromatic heterocycles. The van der Waals surface area contributed by atoms with Crippen LogP contribution in [-0.2, 0) is 11.2 Å². The van der Waals surface area contributed by atoms with E-state index >= 15 is 0 Å². The molecule has 0 saturated carbocycles. The number of aromatic nitrogens is 1. The van der Waals surface area contributed by atoms with Crippen molar-refractivity contribution in [3.05, 3.63) is 65.7 Å². The molecule has 3 nitrogen and oxygen atoms in total. The number of hydrogen-bond donors (Lipinski definition) is 1. The van der Waals surface area contributed by atoms with E-state index in [2.05, 4.69) is 4.98 Å². The molecule has 0 aliphatic heterocycles. The van der Waals surface area contributed by atoms with Crippen LogP contribution < -0.4 is 0 Å². The Balaban J connectivity index is 2.21. The van der Waals surface area contributed by atoms with Crippen molar-refractivity contribution >= 4 is 5.97 Å². The highest BCUT2D eigenvalue weighted by molar-refractivity contribution is 5.68. The smallest absolute Gasteiger partial charge is 0.303 e. The van der Waals surface area contributed by atoms with E-state index in [0.717, 1.165) is 11.1 Å². The Labute approximate surface area is 110 Å². The lowest BCUT2D eigenvalue weighted by Gasteiger charge is -2.15. The summed E-state index contributed by atoms with van der Waals surface area (Å²) in [5, 5.41) is 8.99. The van der Waals surface area contributed by atoms with Crippen LogP contribution in [0.1, 0.15) is 23.5 Å². The Morgan fingerprint density at radius 2 is 2.00 bits per heavy atom. The van der Waals surface area contributed by atoms with Gasteiger partial charge in [0.2, 0.25) is 0 Å². The van der Waals surface area contributed by atoms with E-state index in [0.29, 0.717) is 6.42 Å². The first-order chi connectivity index (χ1) is 9.15. The average molecular weight is 259 g/mol. The molecule has 1 aromatic carbocycles. The largest absolute Gasteiger partial charge is 0.481 e. The number of carboxylic acids is 1. The van der Waals surface area contributed by atoms with Crippen LogP contribution in [0, 0.1) is 5.82 Å². The molecular formula is C15H14FNO2. The fourth-order valence-electron chi connectivity index (χ4n) is 2.10. The summed E-state index contributed by atoms with van der Waals surface area (Å²) in [5.41, 5.74) is 1.70. The van der Waals surface area contributed by atoms with Crippen molar-refractivity contribution in [1.29, 1.82) is 0 Å². The minimum atomic E-state index is -0.863. The Morgan fingerprint density at radius 1 is 1.26 bits per heavy atom. The summed E-state index contributed by atoms with van der Waals surface area (Å²) in [6, 6.07) is 9.85. The average Bonchev–Trinajstić information content (AvgIpc) is 2.38. The van der Waals surface area contributed by atoms with Crippen molar-refractivity contribution in [3.63, 3.8) is 0 Å². The molecule has 0 spiro atoms. The molecule has 1 unspecified atom stereocenters. The summed E-state index contributed by atoms with van der Waals surface area (Å²) < 4.78 is 13.2. The third-order valence-electron chi connectivity index (χ3n) is 2.97. The second-order valence-corrected chi connectivity index (χ2v) is 4.41. The van der Waals surface area contributed by atoms with E-state index in [-0.39, 0.29) is 18.2 Å². The van der Waals surface area contributed by atoms with E-state index in [9.17, 15) is 9.18 Å². The second-order valence-electron chi connectivity index (χ2n) is 4.41. The Bertz CT molecular complexity index is 557. The molecule has 2 aromatic rings. The van der Waals surface area contributed by atoms with E-state index < -0.39 is 5.97 Å². The summed E-state index contributed by atoms with van der Waals surface area (Å²) in [6.45, 7) is 0. The zero-order chi connectivity index (χ0) is 13.7. The van der Waals surface area contributed by atoms with Gasteiger partial charge in [0, 0.05) is 12.4 Å². The Hall–Kier alpha value is -2.23. The lowest BCUT2D eigenvalue weighted by molar-refractivity contribution is -0.137. The van der Waals surface area contributed by atoms with Gasteiger partial charge in [0.1, 0.15) is 5.82 Å². The van der Waals surface area contributed by atoms with E-state index in [1.165, 1.54) is 12.1 Å². The predicted octanol–water partition coefficient (Wildman–Crippen LogP) is 3.02. The summed E-state index contributed by atoms with van der Waals surface area (Å²) >= 11 is 0. The van der Waals surface area contributed by atoms with Gasteiger partial charge in [0.15, 0.2) is 0 Å². The first-order valence-corrected chi connectivity index (χ1v) is 6.01. The number of hydrogen-bond acceptors (Lipinski definition) is 2. The van der Waals surface area contributed by atoms with Crippen molar-refractivity contribution in [2.45, 2.75) is 18.8 Å². The van der Waals surface area contributed by atoms with E-state index in [4.69, 9.17) is 5.11 Å². The number of carboxylic acid groups (broad SMARTS) is 1. The van der Waals surface area contributed by atoms with E-state index in [1.54, 1.807) is 36.7 Å². The highest BCUT2D eigenvalue weighted by Crippen LogP contribution is 2.24. The molecule has 4 heteroatoms. The van der Waals surface area contributed by atoms with Crippen molar-refractivity contribution in [2.24, 2.45) is 0 Å². The molecule has 98 valence electrons. The molecule has 0 saturated heterocycles. The summed E-state index contributed by atoms with van der Waals surface area (Å²) in [7, 11) is 0. The monoisotopic (exact) mass is 259 g/mol. The number of carbonyl (C=O) groups is 1. The minimum Gasteiger partial charge on any atom is -0.481 e. The maximum atomic E-state index is 13.2. The standard InChI is InChI=1S/C15H14FNO2/c16-14-3-1-2-11(9-14)8-13(10-15(18)19)12-4-6-17-7-5-12/h1-7,9,13H,8,10H2,(H,18,19). The molecule has 0 bridgehead atoms. The molecule has 0 fully saturated rings. The second kappa shape index (κ2) is 6.09. The van der Waals surface area contributed by atoms with Crippen LogP contribution in [0.25, 0.3) is 0 Å². The van der Waals surface area contributed by atoms with Gasteiger partial charge in [0.05, 0.1) is 6.42 Å². The van der Waals surface area contributed by atoms with Crippen LogP contribution >= 0.6 is 0 Å². The highest BCUT2D eigenvalue weighted by Gasteiger charge is 2.16. The molecule has 0 radical (unpaired) electrons. The molecule has 0 aliphatic carbocycles. The van der Waals surface area contributed by atoms with Gasteiger partial charge >= 0.3 is 5.97 Å². The molecule has 1 atom stereocenters. The Kier molecular flexibility index (Phi) is 4.23. The van der Waals surface area contributed by atoms with Crippen molar-refractivity contribution < 1.29 is 14.3 Å². The molecular weight excluding hydrogens is 245 g/mol. The number of aliphatic carboxylic acids is 1. The van der Waals surface area contributed by atoms with Gasteiger partial charge in [-0.05, 0) is 47.7 Å². The maximum absolute atomic E-state index is 13.2. The number of nitrogens with zero attached hydrogens (tertiary/aromatic N) is 1. The molecule has 2 rings (SSSR count). The van der Waals surface area contributed by atoms with Crippen LogP contribution in [0.3, 0.4) is 0 Å². The van der Waals surface area contributed by atoms with Crippen LogP contribution in [0.4, 0.5) is 4.39 Å². The SMILES string of the molecule is O=C(O)CC(Cc1cccc(F)c1)c1ccncc1. The van der Waals surface area contributed by atoms with E-state index in [1.807, 2.05) is 0 Å². The first kappa shape index (κ1) is 13.2. The summed E-state index contributed by atoms with van der Waals surface area (Å²) in [4.78, 5) is 14.9.